The summed E-state index contributed by atoms with van der Waals surface area (Å²) < 4.78 is 0. The van der Waals surface area contributed by atoms with E-state index in [-0.39, 0.29) is 11.8 Å². The fourth-order valence-corrected chi connectivity index (χ4v) is 3.06. The number of likely N-dealkylation sites (N-methyl/N-ethyl adjacent to an activating group) is 2. The Morgan fingerprint density at radius 2 is 1.12 bits per heavy atom. The Hall–Kier alpha value is -1.99. The van der Waals surface area contributed by atoms with Gasteiger partial charge in [0.1, 0.15) is 0 Å². The highest BCUT2D eigenvalue weighted by atomic mass is 16.2. The number of hydrogen-bond donors (Lipinski definition) is 0. The largest absolute Gasteiger partial charge is 0.336 e. The van der Waals surface area contributed by atoms with Crippen molar-refractivity contribution in [3.63, 3.8) is 0 Å². The van der Waals surface area contributed by atoms with Crippen molar-refractivity contribution < 1.29 is 9.59 Å². The van der Waals surface area contributed by atoms with Crippen LogP contribution in [0.25, 0.3) is 0 Å². The summed E-state index contributed by atoms with van der Waals surface area (Å²) in [7, 11) is 4.11. The van der Waals surface area contributed by atoms with Crippen molar-refractivity contribution in [2.24, 2.45) is 0 Å². The van der Waals surface area contributed by atoms with E-state index < -0.39 is 0 Å². The lowest BCUT2D eigenvalue weighted by molar-refractivity contribution is 0.0661. The second-order valence-corrected chi connectivity index (χ2v) is 6.65. The van der Waals surface area contributed by atoms with E-state index >= 15 is 0 Å². The van der Waals surface area contributed by atoms with E-state index in [4.69, 9.17) is 0 Å². The molecule has 7 nitrogen and oxygen atoms in total. The van der Waals surface area contributed by atoms with E-state index in [0.717, 1.165) is 26.2 Å². The molecule has 24 heavy (non-hydrogen) atoms. The Morgan fingerprint density at radius 1 is 0.750 bits per heavy atom. The van der Waals surface area contributed by atoms with E-state index in [1.807, 2.05) is 9.80 Å². The van der Waals surface area contributed by atoms with E-state index in [1.165, 1.54) is 0 Å². The Kier molecular flexibility index (Phi) is 5.11. The fraction of sp³-hybridized carbons (Fsp3) is 0.588. The van der Waals surface area contributed by atoms with Gasteiger partial charge < -0.3 is 19.6 Å². The average Bonchev–Trinajstić information content (AvgIpc) is 2.62. The highest BCUT2D eigenvalue weighted by Gasteiger charge is 2.24. The maximum Gasteiger partial charge on any atom is 0.255 e. The molecule has 0 atom stereocenters. The number of carbonyl (C=O) groups is 2. The van der Waals surface area contributed by atoms with Gasteiger partial charge in [-0.1, -0.05) is 0 Å². The van der Waals surface area contributed by atoms with E-state index in [1.54, 1.807) is 18.5 Å². The third-order valence-corrected chi connectivity index (χ3v) is 4.81. The molecule has 0 N–H and O–H groups in total. The van der Waals surface area contributed by atoms with Crippen LogP contribution in [0.5, 0.6) is 0 Å². The Bertz CT molecular complexity index is 556. The number of rotatable bonds is 2. The van der Waals surface area contributed by atoms with Crippen LogP contribution in [0.1, 0.15) is 20.7 Å². The number of pyridine rings is 1. The smallest absolute Gasteiger partial charge is 0.255 e. The van der Waals surface area contributed by atoms with Gasteiger partial charge in [0.15, 0.2) is 0 Å². The predicted molar refractivity (Wildman–Crippen MR) is 91.0 cm³/mol. The molecule has 0 saturated carbocycles. The summed E-state index contributed by atoms with van der Waals surface area (Å²) in [5.41, 5.74) is 0.999. The third-order valence-electron chi connectivity index (χ3n) is 4.81. The summed E-state index contributed by atoms with van der Waals surface area (Å²) in [4.78, 5) is 37.5. The van der Waals surface area contributed by atoms with Crippen molar-refractivity contribution >= 4 is 11.8 Å². The average molecular weight is 331 g/mol. The van der Waals surface area contributed by atoms with Crippen LogP contribution in [0.15, 0.2) is 18.5 Å². The lowest BCUT2D eigenvalue weighted by Gasteiger charge is -2.33. The SMILES string of the molecule is CN1CCN(C(=O)c2cncc(C(=O)N3CCN(C)CC3)c2)CC1. The van der Waals surface area contributed by atoms with Gasteiger partial charge in [-0.05, 0) is 20.2 Å². The summed E-state index contributed by atoms with van der Waals surface area (Å²) in [6.07, 6.45) is 3.11. The van der Waals surface area contributed by atoms with Gasteiger partial charge in [0.2, 0.25) is 0 Å². The van der Waals surface area contributed by atoms with Gasteiger partial charge in [0.25, 0.3) is 11.8 Å². The zero-order chi connectivity index (χ0) is 17.1. The van der Waals surface area contributed by atoms with Gasteiger partial charge in [0, 0.05) is 64.8 Å². The second kappa shape index (κ2) is 7.27. The molecule has 1 aromatic heterocycles. The Balaban J connectivity index is 1.69. The predicted octanol–water partition coefficient (Wildman–Crippen LogP) is -0.143. The molecule has 3 heterocycles. The van der Waals surface area contributed by atoms with Crippen LogP contribution < -0.4 is 0 Å². The summed E-state index contributed by atoms with van der Waals surface area (Å²) in [6.45, 7) is 6.35. The molecular weight excluding hydrogens is 306 g/mol. The van der Waals surface area contributed by atoms with E-state index in [9.17, 15) is 9.59 Å². The third kappa shape index (κ3) is 3.73. The zero-order valence-electron chi connectivity index (χ0n) is 14.4. The molecule has 1 aromatic rings. The quantitative estimate of drug-likeness (QED) is 0.755. The first-order valence-electron chi connectivity index (χ1n) is 8.45. The molecule has 2 aliphatic heterocycles. The molecule has 0 bridgehead atoms. The second-order valence-electron chi connectivity index (χ2n) is 6.65. The molecule has 2 fully saturated rings. The maximum atomic E-state index is 12.6. The van der Waals surface area contributed by atoms with Crippen molar-refractivity contribution in [1.29, 1.82) is 0 Å². The van der Waals surface area contributed by atoms with Crippen LogP contribution in [0.3, 0.4) is 0 Å². The topological polar surface area (TPSA) is 60.0 Å². The fourth-order valence-electron chi connectivity index (χ4n) is 3.06. The van der Waals surface area contributed by atoms with Crippen LogP contribution in [0, 0.1) is 0 Å². The maximum absolute atomic E-state index is 12.6. The molecule has 3 rings (SSSR count). The van der Waals surface area contributed by atoms with Crippen LogP contribution in [0.2, 0.25) is 0 Å². The van der Waals surface area contributed by atoms with E-state index in [0.29, 0.717) is 37.3 Å². The summed E-state index contributed by atoms with van der Waals surface area (Å²) in [6, 6.07) is 1.69. The number of amides is 2. The zero-order valence-corrected chi connectivity index (χ0v) is 14.4. The van der Waals surface area contributed by atoms with Crippen LogP contribution in [0.4, 0.5) is 0 Å². The molecular formula is C17H25N5O2. The minimum atomic E-state index is -0.0383. The monoisotopic (exact) mass is 331 g/mol. The number of piperazine rings is 2. The van der Waals surface area contributed by atoms with Crippen molar-refractivity contribution in [3.8, 4) is 0 Å². The lowest BCUT2D eigenvalue weighted by Crippen LogP contribution is -2.47. The van der Waals surface area contributed by atoms with E-state index in [2.05, 4.69) is 28.9 Å². The normalized spacial score (nSPS) is 20.2. The van der Waals surface area contributed by atoms with Gasteiger partial charge in [-0.2, -0.15) is 0 Å². The molecule has 2 amide bonds. The van der Waals surface area contributed by atoms with Crippen LogP contribution >= 0.6 is 0 Å². The van der Waals surface area contributed by atoms with Crippen molar-refractivity contribution in [3.05, 3.63) is 29.6 Å². The highest BCUT2D eigenvalue weighted by Crippen LogP contribution is 2.12. The van der Waals surface area contributed by atoms with Crippen molar-refractivity contribution in [1.82, 2.24) is 24.6 Å². The number of nitrogens with zero attached hydrogens (tertiary/aromatic N) is 5. The molecule has 0 aromatic carbocycles. The summed E-state index contributed by atoms with van der Waals surface area (Å²) in [5, 5.41) is 0. The highest BCUT2D eigenvalue weighted by molar-refractivity contribution is 5.99. The molecule has 2 aliphatic rings. The Morgan fingerprint density at radius 3 is 1.50 bits per heavy atom. The summed E-state index contributed by atoms with van der Waals surface area (Å²) in [5.74, 6) is -0.0766. The van der Waals surface area contributed by atoms with Gasteiger partial charge in [-0.15, -0.1) is 0 Å². The van der Waals surface area contributed by atoms with Crippen LogP contribution in [-0.4, -0.2) is 103 Å². The molecule has 7 heteroatoms. The first-order chi connectivity index (χ1) is 11.5. The molecule has 0 unspecified atom stereocenters. The Labute approximate surface area is 142 Å². The molecule has 0 spiro atoms. The number of hydrogen-bond acceptors (Lipinski definition) is 5. The first-order valence-corrected chi connectivity index (χ1v) is 8.45. The minimum absolute atomic E-state index is 0.0383. The standard InChI is InChI=1S/C17H25N5O2/c1-19-3-7-21(8-4-19)16(23)14-11-15(13-18-12-14)17(24)22-9-5-20(2)6-10-22/h11-13H,3-10H2,1-2H3. The molecule has 0 aliphatic carbocycles. The number of aromatic nitrogens is 1. The number of carbonyl (C=O) groups excluding carboxylic acids is 2. The summed E-state index contributed by atoms with van der Waals surface area (Å²) >= 11 is 0. The van der Waals surface area contributed by atoms with Gasteiger partial charge >= 0.3 is 0 Å². The molecule has 2 saturated heterocycles. The van der Waals surface area contributed by atoms with Crippen molar-refractivity contribution in [2.75, 3.05) is 66.5 Å². The first kappa shape index (κ1) is 16.9. The van der Waals surface area contributed by atoms with Gasteiger partial charge in [-0.3, -0.25) is 14.6 Å². The molecule has 0 radical (unpaired) electrons. The van der Waals surface area contributed by atoms with Gasteiger partial charge in [0.05, 0.1) is 11.1 Å². The van der Waals surface area contributed by atoms with Gasteiger partial charge in [-0.25, -0.2) is 0 Å². The van der Waals surface area contributed by atoms with Crippen molar-refractivity contribution in [2.45, 2.75) is 0 Å². The van der Waals surface area contributed by atoms with Crippen LogP contribution in [-0.2, 0) is 0 Å². The lowest BCUT2D eigenvalue weighted by atomic mass is 10.1. The minimum Gasteiger partial charge on any atom is -0.336 e. The molecule has 130 valence electrons.